The molecule has 0 aromatic rings. The van der Waals surface area contributed by atoms with E-state index in [0.717, 1.165) is 25.7 Å². The van der Waals surface area contributed by atoms with Crippen LogP contribution in [0.1, 0.15) is 25.7 Å². The third-order valence-electron chi connectivity index (χ3n) is 3.98. The Balaban J connectivity index is 1.92. The number of ether oxygens (including phenoxy) is 1. The summed E-state index contributed by atoms with van der Waals surface area (Å²) >= 11 is 0. The molecule has 4 rings (SSSR count). The largest absolute Gasteiger partial charge is 0.374 e. The van der Waals surface area contributed by atoms with Crippen molar-refractivity contribution in [2.45, 2.75) is 43.6 Å². The maximum absolute atomic E-state index is 11.3. The van der Waals surface area contributed by atoms with E-state index in [0.29, 0.717) is 12.0 Å². The van der Waals surface area contributed by atoms with Crippen LogP contribution in [0.25, 0.3) is 0 Å². The Morgan fingerprint density at radius 1 is 1.14 bits per heavy atom. The molecule has 4 bridgehead atoms. The summed E-state index contributed by atoms with van der Waals surface area (Å²) in [5.41, 5.74) is -0.504. The minimum absolute atomic E-state index is 0.160. The zero-order valence-corrected chi connectivity index (χ0v) is 8.77. The first kappa shape index (κ1) is 9.34. The van der Waals surface area contributed by atoms with Crippen LogP contribution in [0.4, 0.5) is 0 Å². The average Bonchev–Trinajstić information content (AvgIpc) is 1.97. The summed E-state index contributed by atoms with van der Waals surface area (Å²) in [4.78, 5) is 18.6. The highest BCUT2D eigenvalue weighted by Gasteiger charge is 2.55. The molecule has 2 aliphatic carbocycles. The van der Waals surface area contributed by atoms with E-state index >= 15 is 0 Å². The summed E-state index contributed by atoms with van der Waals surface area (Å²) in [5, 5.41) is 0. The van der Waals surface area contributed by atoms with Crippen LogP contribution < -0.4 is 0 Å². The molecule has 4 aliphatic rings. The predicted molar refractivity (Wildman–Crippen MR) is 49.9 cm³/mol. The molecule has 2 N–H and O–H groups in total. The monoisotopic (exact) mass is 218 g/mol. The maximum Gasteiger partial charge on any atom is 0.331 e. The Kier molecular flexibility index (Phi) is 1.88. The Hall–Kier alpha value is 0.110. The fraction of sp³-hybridized carbons (Fsp3) is 1.00. The first-order valence-corrected chi connectivity index (χ1v) is 6.93. The Labute approximate surface area is 82.8 Å². The zero-order chi connectivity index (χ0) is 9.92. The van der Waals surface area contributed by atoms with Gasteiger partial charge in [-0.05, 0) is 37.5 Å². The second-order valence-electron chi connectivity index (χ2n) is 4.95. The Bertz CT molecular complexity index is 269. The van der Waals surface area contributed by atoms with Crippen molar-refractivity contribution in [2.75, 3.05) is 0 Å². The molecule has 14 heavy (non-hydrogen) atoms. The van der Waals surface area contributed by atoms with Crippen molar-refractivity contribution in [3.8, 4) is 0 Å². The van der Waals surface area contributed by atoms with Gasteiger partial charge in [0.1, 0.15) is 0 Å². The van der Waals surface area contributed by atoms with E-state index in [1.54, 1.807) is 0 Å². The molecule has 0 aromatic heterocycles. The Morgan fingerprint density at radius 2 is 1.93 bits per heavy atom. The van der Waals surface area contributed by atoms with E-state index in [9.17, 15) is 14.4 Å². The van der Waals surface area contributed by atoms with Gasteiger partial charge in [0.2, 0.25) is 0 Å². The SMILES string of the molecule is O=P(O)(O)C1C2CC3CC(C2)OC1C3. The Morgan fingerprint density at radius 3 is 2.50 bits per heavy atom. The van der Waals surface area contributed by atoms with Crippen LogP contribution >= 0.6 is 7.60 Å². The molecule has 2 aliphatic heterocycles. The van der Waals surface area contributed by atoms with Crippen LogP contribution in [-0.4, -0.2) is 27.7 Å². The van der Waals surface area contributed by atoms with Crippen molar-refractivity contribution in [2.24, 2.45) is 11.8 Å². The molecule has 2 saturated heterocycles. The lowest BCUT2D eigenvalue weighted by molar-refractivity contribution is -0.154. The van der Waals surface area contributed by atoms with Crippen molar-refractivity contribution < 1.29 is 19.1 Å². The quantitative estimate of drug-likeness (QED) is 0.647. The van der Waals surface area contributed by atoms with E-state index in [2.05, 4.69) is 0 Å². The first-order chi connectivity index (χ1) is 6.54. The average molecular weight is 218 g/mol. The molecule has 0 amide bonds. The van der Waals surface area contributed by atoms with Crippen molar-refractivity contribution in [3.63, 3.8) is 0 Å². The highest BCUT2D eigenvalue weighted by Crippen LogP contribution is 2.59. The van der Waals surface area contributed by atoms with Crippen molar-refractivity contribution >= 4 is 7.60 Å². The van der Waals surface area contributed by atoms with Gasteiger partial charge >= 0.3 is 7.60 Å². The van der Waals surface area contributed by atoms with Crippen LogP contribution in [0.3, 0.4) is 0 Å². The molecule has 0 spiro atoms. The molecule has 5 unspecified atom stereocenters. The molecule has 5 atom stereocenters. The highest BCUT2D eigenvalue weighted by atomic mass is 31.2. The molecule has 4 fully saturated rings. The lowest BCUT2D eigenvalue weighted by Gasteiger charge is -2.53. The fourth-order valence-electron chi connectivity index (χ4n) is 3.65. The van der Waals surface area contributed by atoms with E-state index < -0.39 is 13.3 Å². The van der Waals surface area contributed by atoms with Gasteiger partial charge in [0, 0.05) is 0 Å². The van der Waals surface area contributed by atoms with Crippen LogP contribution in [0.5, 0.6) is 0 Å². The summed E-state index contributed by atoms with van der Waals surface area (Å²) in [6.45, 7) is 0. The first-order valence-electron chi connectivity index (χ1n) is 5.24. The second kappa shape index (κ2) is 2.82. The summed E-state index contributed by atoms with van der Waals surface area (Å²) in [5.74, 6) is 0.882. The molecule has 0 radical (unpaired) electrons. The smallest absolute Gasteiger partial charge is 0.331 e. The predicted octanol–water partition coefficient (Wildman–Crippen LogP) is 1.12. The van der Waals surface area contributed by atoms with E-state index in [1.165, 1.54) is 0 Å². The zero-order valence-electron chi connectivity index (χ0n) is 7.87. The third kappa shape index (κ3) is 1.28. The topological polar surface area (TPSA) is 66.8 Å². The van der Waals surface area contributed by atoms with Crippen molar-refractivity contribution in [3.05, 3.63) is 0 Å². The molecular formula is C9H15O4P. The lowest BCUT2D eigenvalue weighted by Crippen LogP contribution is -2.54. The van der Waals surface area contributed by atoms with Gasteiger partial charge in [-0.25, -0.2) is 0 Å². The van der Waals surface area contributed by atoms with Gasteiger partial charge in [0.15, 0.2) is 0 Å². The van der Waals surface area contributed by atoms with E-state index in [-0.39, 0.29) is 12.0 Å². The third-order valence-corrected chi connectivity index (χ3v) is 5.51. The number of hydrogen-bond donors (Lipinski definition) is 2. The second-order valence-corrected chi connectivity index (χ2v) is 6.72. The number of rotatable bonds is 1. The molecule has 5 heteroatoms. The summed E-state index contributed by atoms with van der Waals surface area (Å²) in [7, 11) is -3.95. The molecular weight excluding hydrogens is 203 g/mol. The van der Waals surface area contributed by atoms with Gasteiger partial charge in [-0.2, -0.15) is 0 Å². The van der Waals surface area contributed by atoms with Gasteiger partial charge in [-0.1, -0.05) is 0 Å². The lowest BCUT2D eigenvalue weighted by atomic mass is 9.67. The van der Waals surface area contributed by atoms with Gasteiger partial charge in [0.05, 0.1) is 17.9 Å². The summed E-state index contributed by atoms with van der Waals surface area (Å²) in [6, 6.07) is 0. The minimum atomic E-state index is -3.95. The normalized spacial score (nSPS) is 51.1. The van der Waals surface area contributed by atoms with Crippen molar-refractivity contribution in [1.82, 2.24) is 0 Å². The van der Waals surface area contributed by atoms with Gasteiger partial charge in [-0.3, -0.25) is 4.57 Å². The molecule has 4 nitrogen and oxygen atoms in total. The summed E-state index contributed by atoms with van der Waals surface area (Å²) < 4.78 is 17.0. The highest BCUT2D eigenvalue weighted by molar-refractivity contribution is 7.52. The van der Waals surface area contributed by atoms with Crippen LogP contribution in [0.15, 0.2) is 0 Å². The van der Waals surface area contributed by atoms with Crippen molar-refractivity contribution in [1.29, 1.82) is 0 Å². The van der Waals surface area contributed by atoms with E-state index in [1.807, 2.05) is 0 Å². The van der Waals surface area contributed by atoms with Crippen LogP contribution in [0.2, 0.25) is 0 Å². The molecule has 0 aromatic carbocycles. The van der Waals surface area contributed by atoms with Crippen LogP contribution in [0, 0.1) is 11.8 Å². The molecule has 80 valence electrons. The van der Waals surface area contributed by atoms with E-state index in [4.69, 9.17) is 4.74 Å². The van der Waals surface area contributed by atoms with Gasteiger partial charge in [0.25, 0.3) is 0 Å². The summed E-state index contributed by atoms with van der Waals surface area (Å²) in [6.07, 6.45) is 3.98. The van der Waals surface area contributed by atoms with Gasteiger partial charge < -0.3 is 14.5 Å². The maximum atomic E-state index is 11.3. The standard InChI is InChI=1S/C9H15O4P/c10-14(11,12)9-6-1-5-2-7(4-6)13-8(9)3-5/h5-9H,1-4H2,(H2,10,11,12). The number of hydrogen-bond acceptors (Lipinski definition) is 2. The fourth-order valence-corrected chi connectivity index (χ4v) is 5.07. The molecule has 2 saturated carbocycles. The molecule has 2 heterocycles. The minimum Gasteiger partial charge on any atom is -0.374 e. The van der Waals surface area contributed by atoms with Gasteiger partial charge in [-0.15, -0.1) is 0 Å². The van der Waals surface area contributed by atoms with Crippen LogP contribution in [-0.2, 0) is 9.30 Å².